The number of carbonyl (C=O) groups is 1. The molecule has 0 saturated carbocycles. The van der Waals surface area contributed by atoms with Crippen LogP contribution in [-0.4, -0.2) is 57.8 Å². The summed E-state index contributed by atoms with van der Waals surface area (Å²) >= 11 is 0. The third-order valence-electron chi connectivity index (χ3n) is 3.19. The first-order chi connectivity index (χ1) is 9.76. The van der Waals surface area contributed by atoms with E-state index in [1.165, 1.54) is 0 Å². The first kappa shape index (κ1) is 14.5. The third-order valence-corrected chi connectivity index (χ3v) is 3.19. The average Bonchev–Trinajstić information content (AvgIpc) is 2.52. The zero-order valence-electron chi connectivity index (χ0n) is 11.8. The summed E-state index contributed by atoms with van der Waals surface area (Å²) in [5, 5.41) is 3.21. The first-order valence-electron chi connectivity index (χ1n) is 6.58. The van der Waals surface area contributed by atoms with E-state index in [-0.39, 0.29) is 12.5 Å². The number of benzene rings is 1. The second-order valence-corrected chi connectivity index (χ2v) is 4.41. The number of methoxy groups -OCH3 is 2. The minimum atomic E-state index is -0.0283. The van der Waals surface area contributed by atoms with Crippen molar-refractivity contribution in [3.05, 3.63) is 18.2 Å². The maximum atomic E-state index is 12.1. The molecule has 1 aliphatic rings. The Hall–Kier alpha value is -1.95. The number of para-hydroxylation sites is 1. The molecule has 1 N–H and O–H groups in total. The molecule has 6 nitrogen and oxygen atoms in total. The number of amides is 1. The highest BCUT2D eigenvalue weighted by Gasteiger charge is 2.18. The van der Waals surface area contributed by atoms with Crippen LogP contribution in [0.1, 0.15) is 0 Å². The van der Waals surface area contributed by atoms with Gasteiger partial charge in [0.05, 0.1) is 14.2 Å². The number of piperazine rings is 1. The van der Waals surface area contributed by atoms with E-state index in [2.05, 4.69) is 5.32 Å². The van der Waals surface area contributed by atoms with Gasteiger partial charge in [0.25, 0.3) is 5.91 Å². The molecule has 6 heteroatoms. The minimum absolute atomic E-state index is 0.0171. The van der Waals surface area contributed by atoms with Gasteiger partial charge in [0, 0.05) is 26.2 Å². The fourth-order valence-electron chi connectivity index (χ4n) is 2.10. The Labute approximate surface area is 118 Å². The van der Waals surface area contributed by atoms with Crippen LogP contribution in [0.3, 0.4) is 0 Å². The van der Waals surface area contributed by atoms with Gasteiger partial charge in [0.15, 0.2) is 18.1 Å². The molecule has 1 aliphatic heterocycles. The van der Waals surface area contributed by atoms with Gasteiger partial charge in [-0.05, 0) is 12.1 Å². The molecule has 0 aliphatic carbocycles. The highest BCUT2D eigenvalue weighted by atomic mass is 16.5. The van der Waals surface area contributed by atoms with Gasteiger partial charge in [-0.3, -0.25) is 4.79 Å². The Morgan fingerprint density at radius 3 is 2.35 bits per heavy atom. The summed E-state index contributed by atoms with van der Waals surface area (Å²) in [6.07, 6.45) is 0. The van der Waals surface area contributed by atoms with Crippen molar-refractivity contribution in [3.63, 3.8) is 0 Å². The highest BCUT2D eigenvalue weighted by molar-refractivity contribution is 5.78. The third kappa shape index (κ3) is 3.33. The summed E-state index contributed by atoms with van der Waals surface area (Å²) in [6, 6.07) is 5.35. The molecule has 20 heavy (non-hydrogen) atoms. The van der Waals surface area contributed by atoms with Crippen LogP contribution in [0.4, 0.5) is 0 Å². The summed E-state index contributed by atoms with van der Waals surface area (Å²) in [5.74, 6) is 1.54. The number of nitrogens with zero attached hydrogens (tertiary/aromatic N) is 1. The van der Waals surface area contributed by atoms with E-state index in [0.29, 0.717) is 30.3 Å². The fraction of sp³-hybridized carbons (Fsp3) is 0.500. The number of carbonyl (C=O) groups excluding carboxylic acids is 1. The van der Waals surface area contributed by atoms with Gasteiger partial charge in [-0.1, -0.05) is 6.07 Å². The van der Waals surface area contributed by atoms with Crippen LogP contribution in [0.5, 0.6) is 17.2 Å². The monoisotopic (exact) mass is 280 g/mol. The maximum absolute atomic E-state index is 12.1. The number of hydrogen-bond acceptors (Lipinski definition) is 5. The lowest BCUT2D eigenvalue weighted by Gasteiger charge is -2.27. The van der Waals surface area contributed by atoms with Gasteiger partial charge < -0.3 is 24.4 Å². The van der Waals surface area contributed by atoms with Gasteiger partial charge in [0.1, 0.15) is 0 Å². The molecule has 1 amide bonds. The molecule has 0 spiro atoms. The van der Waals surface area contributed by atoms with Crippen LogP contribution in [0.2, 0.25) is 0 Å². The number of hydrogen-bond donors (Lipinski definition) is 1. The maximum Gasteiger partial charge on any atom is 0.260 e. The molecule has 1 saturated heterocycles. The zero-order chi connectivity index (χ0) is 14.4. The van der Waals surface area contributed by atoms with E-state index in [1.807, 2.05) is 6.07 Å². The van der Waals surface area contributed by atoms with Gasteiger partial charge in [-0.2, -0.15) is 0 Å². The second-order valence-electron chi connectivity index (χ2n) is 4.41. The van der Waals surface area contributed by atoms with E-state index in [1.54, 1.807) is 31.3 Å². The minimum Gasteiger partial charge on any atom is -0.493 e. The van der Waals surface area contributed by atoms with Gasteiger partial charge in [-0.15, -0.1) is 0 Å². The van der Waals surface area contributed by atoms with Crippen molar-refractivity contribution in [1.29, 1.82) is 0 Å². The smallest absolute Gasteiger partial charge is 0.260 e. The molecule has 110 valence electrons. The van der Waals surface area contributed by atoms with Crippen LogP contribution in [0, 0.1) is 0 Å². The summed E-state index contributed by atoms with van der Waals surface area (Å²) < 4.78 is 16.1. The Bertz CT molecular complexity index is 436. The van der Waals surface area contributed by atoms with E-state index in [0.717, 1.165) is 13.1 Å². The number of nitrogens with one attached hydrogen (secondary N) is 1. The molecule has 1 aromatic carbocycles. The van der Waals surface area contributed by atoms with Crippen molar-refractivity contribution in [1.82, 2.24) is 10.2 Å². The highest BCUT2D eigenvalue weighted by Crippen LogP contribution is 2.36. The average molecular weight is 280 g/mol. The summed E-state index contributed by atoms with van der Waals surface area (Å²) in [7, 11) is 3.11. The largest absolute Gasteiger partial charge is 0.493 e. The molecule has 0 atom stereocenters. The molecule has 0 radical (unpaired) electrons. The predicted octanol–water partition coefficient (Wildman–Crippen LogP) is 0.514. The van der Waals surface area contributed by atoms with E-state index < -0.39 is 0 Å². The summed E-state index contributed by atoms with van der Waals surface area (Å²) in [5.41, 5.74) is 0. The quantitative estimate of drug-likeness (QED) is 0.852. The van der Waals surface area contributed by atoms with Gasteiger partial charge in [0.2, 0.25) is 5.75 Å². The topological polar surface area (TPSA) is 60.0 Å². The van der Waals surface area contributed by atoms with Gasteiger partial charge >= 0.3 is 0 Å². The Morgan fingerprint density at radius 1 is 1.20 bits per heavy atom. The fourth-order valence-corrected chi connectivity index (χ4v) is 2.10. The predicted molar refractivity (Wildman–Crippen MR) is 74.5 cm³/mol. The van der Waals surface area contributed by atoms with E-state index >= 15 is 0 Å². The van der Waals surface area contributed by atoms with Crippen molar-refractivity contribution >= 4 is 5.91 Å². The van der Waals surface area contributed by atoms with E-state index in [9.17, 15) is 4.79 Å². The normalized spacial score (nSPS) is 14.8. The molecule has 2 rings (SSSR count). The Balaban J connectivity index is 2.00. The summed E-state index contributed by atoms with van der Waals surface area (Å²) in [6.45, 7) is 3.06. The van der Waals surface area contributed by atoms with E-state index in [4.69, 9.17) is 14.2 Å². The second kappa shape index (κ2) is 7.00. The molecular formula is C14H20N2O4. The molecule has 1 aromatic rings. The van der Waals surface area contributed by atoms with Crippen molar-refractivity contribution in [2.24, 2.45) is 0 Å². The molecule has 1 heterocycles. The van der Waals surface area contributed by atoms with Crippen LogP contribution in [0.15, 0.2) is 18.2 Å². The number of ether oxygens (including phenoxy) is 3. The SMILES string of the molecule is COc1cccc(OC)c1OCC(=O)N1CCNCC1. The Morgan fingerprint density at radius 2 is 1.80 bits per heavy atom. The molecular weight excluding hydrogens is 260 g/mol. The molecule has 0 aromatic heterocycles. The van der Waals surface area contributed by atoms with Gasteiger partial charge in [-0.25, -0.2) is 0 Å². The molecule has 1 fully saturated rings. The van der Waals surface area contributed by atoms with Crippen LogP contribution in [-0.2, 0) is 4.79 Å². The van der Waals surface area contributed by atoms with Crippen molar-refractivity contribution in [2.45, 2.75) is 0 Å². The van der Waals surface area contributed by atoms with Crippen LogP contribution < -0.4 is 19.5 Å². The standard InChI is InChI=1S/C14H20N2O4/c1-18-11-4-3-5-12(19-2)14(11)20-10-13(17)16-8-6-15-7-9-16/h3-5,15H,6-10H2,1-2H3. The van der Waals surface area contributed by atoms with Crippen molar-refractivity contribution in [3.8, 4) is 17.2 Å². The van der Waals surface area contributed by atoms with Crippen LogP contribution >= 0.6 is 0 Å². The van der Waals surface area contributed by atoms with Crippen molar-refractivity contribution in [2.75, 3.05) is 47.0 Å². The Kier molecular flexibility index (Phi) is 5.06. The first-order valence-corrected chi connectivity index (χ1v) is 6.58. The van der Waals surface area contributed by atoms with Crippen LogP contribution in [0.25, 0.3) is 0 Å². The lowest BCUT2D eigenvalue weighted by molar-refractivity contribution is -0.133. The summed E-state index contributed by atoms with van der Waals surface area (Å²) in [4.78, 5) is 13.9. The molecule has 0 bridgehead atoms. The lowest BCUT2D eigenvalue weighted by Crippen LogP contribution is -2.47. The number of rotatable bonds is 5. The van der Waals surface area contributed by atoms with Crippen molar-refractivity contribution < 1.29 is 19.0 Å². The molecule has 0 unspecified atom stereocenters. The lowest BCUT2D eigenvalue weighted by atomic mass is 10.3. The zero-order valence-corrected chi connectivity index (χ0v) is 11.8.